The number of ether oxygens (including phenoxy) is 1. The van der Waals surface area contributed by atoms with Crippen molar-refractivity contribution in [2.45, 2.75) is 104 Å². The fourth-order valence-electron chi connectivity index (χ4n) is 6.36. The molecule has 2 fully saturated rings. The van der Waals surface area contributed by atoms with Crippen molar-refractivity contribution in [1.29, 1.82) is 0 Å². The fraction of sp³-hybridized carbons (Fsp3) is 0.588. The second kappa shape index (κ2) is 13.0. The summed E-state index contributed by atoms with van der Waals surface area (Å²) in [6.45, 7) is 16.0. The minimum Gasteiger partial charge on any atom is -0.507 e. The van der Waals surface area contributed by atoms with Gasteiger partial charge in [-0.1, -0.05) is 31.8 Å². The molecule has 0 saturated heterocycles. The summed E-state index contributed by atoms with van der Waals surface area (Å²) < 4.78 is 9.47. The number of phenols is 1. The van der Waals surface area contributed by atoms with E-state index in [1.54, 1.807) is 23.0 Å². The molecule has 2 aromatic heterocycles. The lowest BCUT2D eigenvalue weighted by molar-refractivity contribution is -0.122. The molecule has 2 aliphatic carbocycles. The van der Waals surface area contributed by atoms with E-state index >= 15 is 0 Å². The number of hydrogen-bond donors (Lipinski definition) is 2. The molecule has 0 unspecified atom stereocenters. The lowest BCUT2D eigenvalue weighted by Gasteiger charge is -2.28. The minimum absolute atomic E-state index is 0.0134. The van der Waals surface area contributed by atoms with E-state index in [0.717, 1.165) is 54.2 Å². The molecule has 0 spiro atoms. The molecule has 1 amide bonds. The molecule has 2 N–H and O–H groups in total. The summed E-state index contributed by atoms with van der Waals surface area (Å²) in [6, 6.07) is 7.74. The smallest absolute Gasteiger partial charge is 0.270 e. The number of aromatic hydroxyl groups is 1. The molecule has 2 saturated carbocycles. The van der Waals surface area contributed by atoms with Gasteiger partial charge in [-0.3, -0.25) is 14.3 Å². The molecule has 0 aliphatic heterocycles. The van der Waals surface area contributed by atoms with Gasteiger partial charge < -0.3 is 15.2 Å². The van der Waals surface area contributed by atoms with Gasteiger partial charge >= 0.3 is 0 Å². The fourth-order valence-corrected chi connectivity index (χ4v) is 7.11. The molecule has 10 heteroatoms. The van der Waals surface area contributed by atoms with Crippen molar-refractivity contribution in [3.63, 3.8) is 0 Å². The minimum atomic E-state index is -1.17. The summed E-state index contributed by atoms with van der Waals surface area (Å²) >= 11 is 0. The largest absolute Gasteiger partial charge is 0.507 e. The van der Waals surface area contributed by atoms with E-state index in [-0.39, 0.29) is 35.8 Å². The Morgan fingerprint density at radius 2 is 1.77 bits per heavy atom. The molecule has 0 radical (unpaired) electrons. The first-order chi connectivity index (χ1) is 20.8. The molecule has 3 aromatic rings. The predicted molar refractivity (Wildman–Crippen MR) is 174 cm³/mol. The number of ketones is 1. The summed E-state index contributed by atoms with van der Waals surface area (Å²) in [4.78, 5) is 27.4. The zero-order valence-electron chi connectivity index (χ0n) is 27.4. The van der Waals surface area contributed by atoms with Crippen LogP contribution in [0.4, 0.5) is 0 Å². The first kappa shape index (κ1) is 32.2. The number of benzene rings is 1. The Balaban J connectivity index is 1.32. The quantitative estimate of drug-likeness (QED) is 0.152. The van der Waals surface area contributed by atoms with Crippen molar-refractivity contribution in [3.05, 3.63) is 53.1 Å². The number of hydrogen-bond acceptors (Lipinski definition) is 6. The Hall–Kier alpha value is -3.24. The number of aryl methyl sites for hydroxylation is 1. The molecule has 1 atom stereocenters. The van der Waals surface area contributed by atoms with Crippen LogP contribution in [-0.4, -0.2) is 57.1 Å². The van der Waals surface area contributed by atoms with Crippen LogP contribution in [-0.2, 0) is 22.7 Å². The van der Waals surface area contributed by atoms with Crippen LogP contribution in [0.3, 0.4) is 0 Å². The Morgan fingerprint density at radius 3 is 2.36 bits per heavy atom. The lowest BCUT2D eigenvalue weighted by Crippen LogP contribution is -2.48. The number of amides is 1. The van der Waals surface area contributed by atoms with Crippen LogP contribution in [0.25, 0.3) is 11.1 Å². The van der Waals surface area contributed by atoms with Gasteiger partial charge in [-0.2, -0.15) is 10.2 Å². The average Bonchev–Trinajstić information content (AvgIpc) is 3.88. The highest BCUT2D eigenvalue weighted by atomic mass is 28.3. The van der Waals surface area contributed by atoms with E-state index in [0.29, 0.717) is 36.4 Å². The van der Waals surface area contributed by atoms with Gasteiger partial charge in [-0.15, -0.1) is 0 Å². The van der Waals surface area contributed by atoms with Gasteiger partial charge in [0, 0.05) is 50.2 Å². The topological polar surface area (TPSA) is 111 Å². The summed E-state index contributed by atoms with van der Waals surface area (Å²) in [6.07, 6.45) is 6.20. The van der Waals surface area contributed by atoms with Crippen molar-refractivity contribution in [2.24, 2.45) is 17.8 Å². The molecule has 238 valence electrons. The summed E-state index contributed by atoms with van der Waals surface area (Å²) in [5.74, 6) is 0.947. The van der Waals surface area contributed by atoms with Gasteiger partial charge in [0.25, 0.3) is 5.91 Å². The van der Waals surface area contributed by atoms with Crippen LogP contribution >= 0.6 is 0 Å². The number of nitrogens with one attached hydrogen (secondary N) is 1. The maximum absolute atomic E-state index is 14.0. The van der Waals surface area contributed by atoms with Crippen LogP contribution in [0.15, 0.2) is 30.5 Å². The van der Waals surface area contributed by atoms with Crippen molar-refractivity contribution < 1.29 is 19.4 Å². The number of aromatic nitrogens is 4. The number of carbonyl (C=O) groups is 2. The van der Waals surface area contributed by atoms with Gasteiger partial charge in [0.2, 0.25) is 0 Å². The third-order valence-corrected chi connectivity index (χ3v) is 10.7. The van der Waals surface area contributed by atoms with Gasteiger partial charge in [0.15, 0.2) is 5.78 Å². The van der Waals surface area contributed by atoms with Crippen LogP contribution in [0.2, 0.25) is 25.7 Å². The molecule has 44 heavy (non-hydrogen) atoms. The van der Waals surface area contributed by atoms with E-state index in [2.05, 4.69) is 35.2 Å². The van der Waals surface area contributed by atoms with Gasteiger partial charge in [-0.05, 0) is 94.9 Å². The van der Waals surface area contributed by atoms with E-state index in [1.807, 2.05) is 44.5 Å². The number of nitrogens with zero attached hydrogens (tertiary/aromatic N) is 4. The Morgan fingerprint density at radius 1 is 1.09 bits per heavy atom. The van der Waals surface area contributed by atoms with Crippen molar-refractivity contribution >= 4 is 19.8 Å². The second-order valence-electron chi connectivity index (χ2n) is 14.3. The van der Waals surface area contributed by atoms with E-state index in [1.165, 1.54) is 0 Å². The van der Waals surface area contributed by atoms with E-state index in [9.17, 15) is 14.7 Å². The van der Waals surface area contributed by atoms with Crippen molar-refractivity contribution in [3.8, 4) is 16.9 Å². The molecular weight excluding hydrogens is 570 g/mol. The Bertz CT molecular complexity index is 1480. The molecule has 1 aromatic carbocycles. The second-order valence-corrected chi connectivity index (χ2v) is 20.0. The number of Topliss-reactive ketones (excluding diaryl/α,β-unsaturated/α-hetero) is 1. The lowest BCUT2D eigenvalue weighted by atomic mass is 9.84. The highest BCUT2D eigenvalue weighted by Gasteiger charge is 2.48. The highest BCUT2D eigenvalue weighted by Crippen LogP contribution is 2.51. The maximum Gasteiger partial charge on any atom is 0.270 e. The van der Waals surface area contributed by atoms with Gasteiger partial charge in [-0.25, -0.2) is 4.68 Å². The normalized spacial score (nSPS) is 16.1. The molecule has 5 rings (SSSR count). The summed E-state index contributed by atoms with van der Waals surface area (Å²) in [5.41, 5.74) is 4.50. The van der Waals surface area contributed by atoms with Crippen LogP contribution in [0, 0.1) is 31.6 Å². The zero-order chi connectivity index (χ0) is 31.8. The highest BCUT2D eigenvalue weighted by molar-refractivity contribution is 6.76. The molecule has 9 nitrogen and oxygen atoms in total. The van der Waals surface area contributed by atoms with Gasteiger partial charge in [0.1, 0.15) is 18.2 Å². The average molecular weight is 620 g/mol. The SMILES string of the molecule is Cc1nn(COCC[Si](C)(C)C)c(C)c1-c1ccc(CC(=O)[C@@H](NC(=O)c2ccnn2C(C)C)C(C2CC2)C2CC2)cc1O. The standard InChI is InChI=1S/C34H49N5O4Si/c1-21(2)39-28(14-15-35-39)34(42)36-33(32(25-9-10-25)26-11-12-26)30(41)19-24-8-13-27(29(40)18-24)31-22(3)37-38(23(31)4)20-43-16-17-44(5,6)7/h8,13-15,18,21,25-26,32-33,40H,9-12,16-17,19-20H2,1-7H3,(H,36,42)/t33-/m1/s1. The number of phenolic OH excluding ortho intramolecular Hbond substituents is 1. The third kappa shape index (κ3) is 7.51. The molecule has 2 heterocycles. The maximum atomic E-state index is 14.0. The van der Waals surface area contributed by atoms with E-state index in [4.69, 9.17) is 4.74 Å². The van der Waals surface area contributed by atoms with Crippen LogP contribution in [0.1, 0.15) is 73.0 Å². The van der Waals surface area contributed by atoms with Gasteiger partial charge in [0.05, 0.1) is 11.7 Å². The molecular formula is C34H49N5O4Si. The Kier molecular flexibility index (Phi) is 9.51. The number of carbonyl (C=O) groups excluding carboxylic acids is 2. The van der Waals surface area contributed by atoms with E-state index < -0.39 is 14.1 Å². The summed E-state index contributed by atoms with van der Waals surface area (Å²) in [5, 5.41) is 23.3. The monoisotopic (exact) mass is 619 g/mol. The first-order valence-corrected chi connectivity index (χ1v) is 19.9. The van der Waals surface area contributed by atoms with Crippen LogP contribution < -0.4 is 5.32 Å². The van der Waals surface area contributed by atoms with Crippen LogP contribution in [0.5, 0.6) is 5.75 Å². The summed E-state index contributed by atoms with van der Waals surface area (Å²) in [7, 11) is -1.17. The zero-order valence-corrected chi connectivity index (χ0v) is 28.4. The Labute approximate surface area is 262 Å². The van der Waals surface area contributed by atoms with Crippen molar-refractivity contribution in [1.82, 2.24) is 24.9 Å². The van der Waals surface area contributed by atoms with Crippen molar-refractivity contribution in [2.75, 3.05) is 6.61 Å². The molecule has 0 bridgehead atoms. The molecule has 2 aliphatic rings. The predicted octanol–water partition coefficient (Wildman–Crippen LogP) is 6.31. The number of rotatable bonds is 15. The third-order valence-electron chi connectivity index (χ3n) is 9.04. The first-order valence-electron chi connectivity index (χ1n) is 16.1.